The number of carbonyl (C=O) groups excluding carboxylic acids is 1. The fourth-order valence-corrected chi connectivity index (χ4v) is 4.93. The van der Waals surface area contributed by atoms with E-state index in [-0.39, 0.29) is 12.0 Å². The van der Waals surface area contributed by atoms with Gasteiger partial charge in [0.15, 0.2) is 0 Å². The Hall–Kier alpha value is -4.70. The molecule has 0 aliphatic rings. The lowest BCUT2D eigenvalue weighted by atomic mass is 10.1. The SMILES string of the molecule is COC(=O)Cc1[nH]n(-c2nc3ccccc3s2)c(=O)c1C(C)=Nc1ccc(Nc2ccc(OC)cc2)cc1. The second-order valence-electron chi connectivity index (χ2n) is 8.42. The average Bonchev–Trinajstić information content (AvgIpc) is 3.50. The van der Waals surface area contributed by atoms with Gasteiger partial charge in [-0.3, -0.25) is 19.7 Å². The van der Waals surface area contributed by atoms with E-state index in [1.165, 1.54) is 23.1 Å². The summed E-state index contributed by atoms with van der Waals surface area (Å²) in [5.41, 5.74) is 4.14. The first-order chi connectivity index (χ1) is 18.4. The van der Waals surface area contributed by atoms with E-state index in [1.807, 2.05) is 72.8 Å². The molecular weight excluding hydrogens is 502 g/mol. The number of nitrogens with zero attached hydrogens (tertiary/aromatic N) is 3. The van der Waals surface area contributed by atoms with Gasteiger partial charge in [0.1, 0.15) is 5.75 Å². The normalized spacial score (nSPS) is 11.5. The summed E-state index contributed by atoms with van der Waals surface area (Å²) in [7, 11) is 2.94. The number of aromatic nitrogens is 3. The van der Waals surface area contributed by atoms with Crippen molar-refractivity contribution < 1.29 is 14.3 Å². The Labute approximate surface area is 222 Å². The fraction of sp³-hybridized carbons (Fsp3) is 0.143. The maximum absolute atomic E-state index is 13.5. The van der Waals surface area contributed by atoms with Crippen LogP contribution in [0.25, 0.3) is 15.3 Å². The summed E-state index contributed by atoms with van der Waals surface area (Å²) in [5.74, 6) is 0.319. The molecule has 0 saturated carbocycles. The number of esters is 1. The van der Waals surface area contributed by atoms with Crippen LogP contribution in [0.2, 0.25) is 0 Å². The van der Waals surface area contributed by atoms with Crippen molar-refractivity contribution in [3.05, 3.63) is 94.4 Å². The number of anilines is 2. The van der Waals surface area contributed by atoms with Crippen molar-refractivity contribution >= 4 is 50.3 Å². The number of ether oxygens (including phenoxy) is 2. The van der Waals surface area contributed by atoms with Crippen LogP contribution in [-0.2, 0) is 16.0 Å². The zero-order valence-electron chi connectivity index (χ0n) is 21.0. The molecule has 0 saturated heterocycles. The van der Waals surface area contributed by atoms with E-state index < -0.39 is 5.97 Å². The first-order valence-electron chi connectivity index (χ1n) is 11.8. The van der Waals surface area contributed by atoms with E-state index in [4.69, 9.17) is 9.47 Å². The molecule has 0 radical (unpaired) electrons. The van der Waals surface area contributed by atoms with Crippen LogP contribution in [-0.4, -0.2) is 40.7 Å². The molecule has 3 aromatic carbocycles. The summed E-state index contributed by atoms with van der Waals surface area (Å²) < 4.78 is 12.4. The molecule has 5 rings (SSSR count). The Morgan fingerprint density at radius 1 is 1.03 bits per heavy atom. The molecule has 0 amide bonds. The molecule has 2 heterocycles. The van der Waals surface area contributed by atoms with Gasteiger partial charge < -0.3 is 14.8 Å². The number of aromatic amines is 1. The largest absolute Gasteiger partial charge is 0.497 e. The number of H-pyrrole nitrogens is 1. The lowest BCUT2D eigenvalue weighted by Gasteiger charge is -2.08. The van der Waals surface area contributed by atoms with Crippen molar-refractivity contribution in [2.24, 2.45) is 4.99 Å². The Kier molecular flexibility index (Phi) is 7.05. The first-order valence-corrected chi connectivity index (χ1v) is 12.6. The van der Waals surface area contributed by atoms with Crippen LogP contribution in [0, 0.1) is 0 Å². The van der Waals surface area contributed by atoms with E-state index in [1.54, 1.807) is 14.0 Å². The maximum Gasteiger partial charge on any atom is 0.311 e. The number of rotatable bonds is 8. The van der Waals surface area contributed by atoms with Gasteiger partial charge in [-0.15, -0.1) is 0 Å². The molecule has 9 nitrogen and oxygen atoms in total. The Bertz CT molecular complexity index is 1650. The summed E-state index contributed by atoms with van der Waals surface area (Å²) in [6.07, 6.45) is -0.101. The van der Waals surface area contributed by atoms with Crippen LogP contribution in [0.15, 0.2) is 82.6 Å². The lowest BCUT2D eigenvalue weighted by molar-refractivity contribution is -0.139. The zero-order valence-corrected chi connectivity index (χ0v) is 21.8. The van der Waals surface area contributed by atoms with Crippen molar-refractivity contribution in [1.29, 1.82) is 0 Å². The summed E-state index contributed by atoms with van der Waals surface area (Å²) in [4.78, 5) is 34.9. The molecule has 0 aliphatic heterocycles. The molecule has 0 fully saturated rings. The topological polar surface area (TPSA) is 111 Å². The second kappa shape index (κ2) is 10.7. The molecule has 0 atom stereocenters. The predicted octanol–water partition coefficient (Wildman–Crippen LogP) is 5.38. The van der Waals surface area contributed by atoms with Crippen LogP contribution in [0.5, 0.6) is 5.75 Å². The number of benzene rings is 3. The van der Waals surface area contributed by atoms with E-state index >= 15 is 0 Å². The molecule has 5 aromatic rings. The number of hydrogen-bond donors (Lipinski definition) is 2. The van der Waals surface area contributed by atoms with Crippen molar-refractivity contribution in [3.8, 4) is 10.9 Å². The van der Waals surface area contributed by atoms with Gasteiger partial charge >= 0.3 is 5.97 Å². The van der Waals surface area contributed by atoms with Gasteiger partial charge in [0.2, 0.25) is 5.13 Å². The van der Waals surface area contributed by atoms with Crippen LogP contribution >= 0.6 is 11.3 Å². The highest BCUT2D eigenvalue weighted by Crippen LogP contribution is 2.25. The number of thiazole rings is 1. The standard InChI is InChI=1S/C28H25N5O4S/c1-17(29-18-8-10-19(11-9-18)30-20-12-14-21(36-2)15-13-20)26-23(16-25(34)37-3)32-33(27(26)35)28-31-22-6-4-5-7-24(22)38-28/h4-15,30,32H,16H2,1-3H3. The van der Waals surface area contributed by atoms with E-state index in [2.05, 4.69) is 20.4 Å². The van der Waals surface area contributed by atoms with Gasteiger partial charge in [-0.1, -0.05) is 23.5 Å². The van der Waals surface area contributed by atoms with Crippen LogP contribution in [0.4, 0.5) is 17.1 Å². The molecule has 0 spiro atoms. The van der Waals surface area contributed by atoms with Gasteiger partial charge in [0, 0.05) is 11.4 Å². The van der Waals surface area contributed by atoms with E-state index in [0.29, 0.717) is 27.8 Å². The highest BCUT2D eigenvalue weighted by atomic mass is 32.1. The van der Waals surface area contributed by atoms with Crippen molar-refractivity contribution in [2.75, 3.05) is 19.5 Å². The number of aliphatic imine (C=N–C) groups is 1. The van der Waals surface area contributed by atoms with Gasteiger partial charge in [0.05, 0.1) is 53.5 Å². The summed E-state index contributed by atoms with van der Waals surface area (Å²) in [5, 5.41) is 6.86. The van der Waals surface area contributed by atoms with Crippen molar-refractivity contribution in [1.82, 2.24) is 14.8 Å². The fourth-order valence-electron chi connectivity index (χ4n) is 4.00. The quantitative estimate of drug-likeness (QED) is 0.207. The number of fused-ring (bicyclic) bond motifs is 1. The average molecular weight is 528 g/mol. The van der Waals surface area contributed by atoms with Gasteiger partial charge in [-0.25, -0.2) is 4.98 Å². The smallest absolute Gasteiger partial charge is 0.311 e. The Morgan fingerprint density at radius 2 is 1.71 bits per heavy atom. The lowest BCUT2D eigenvalue weighted by Crippen LogP contribution is -2.19. The first kappa shape index (κ1) is 25.0. The molecular formula is C28H25N5O4S. The molecule has 10 heteroatoms. The number of para-hydroxylation sites is 1. The Morgan fingerprint density at radius 3 is 2.37 bits per heavy atom. The monoisotopic (exact) mass is 527 g/mol. The van der Waals surface area contributed by atoms with Gasteiger partial charge in [0.25, 0.3) is 5.56 Å². The van der Waals surface area contributed by atoms with Gasteiger partial charge in [-0.05, 0) is 67.6 Å². The third kappa shape index (κ3) is 5.21. The molecule has 192 valence electrons. The molecule has 2 aromatic heterocycles. The van der Waals surface area contributed by atoms with Crippen molar-refractivity contribution in [3.63, 3.8) is 0 Å². The van der Waals surface area contributed by atoms with Crippen molar-refractivity contribution in [2.45, 2.75) is 13.3 Å². The maximum atomic E-state index is 13.5. The van der Waals surface area contributed by atoms with E-state index in [9.17, 15) is 9.59 Å². The summed E-state index contributed by atoms with van der Waals surface area (Å²) >= 11 is 1.38. The third-order valence-corrected chi connectivity index (χ3v) is 6.91. The van der Waals surface area contributed by atoms with E-state index in [0.717, 1.165) is 27.3 Å². The Balaban J connectivity index is 1.45. The molecule has 0 unspecified atom stereocenters. The molecule has 2 N–H and O–H groups in total. The minimum absolute atomic E-state index is 0.101. The minimum atomic E-state index is -0.467. The van der Waals surface area contributed by atoms with Crippen LogP contribution in [0.1, 0.15) is 18.2 Å². The number of carbonyl (C=O) groups is 1. The summed E-state index contributed by atoms with van der Waals surface area (Å²) in [6, 6.07) is 22.8. The number of methoxy groups -OCH3 is 2. The molecule has 0 bridgehead atoms. The predicted molar refractivity (Wildman–Crippen MR) is 150 cm³/mol. The highest BCUT2D eigenvalue weighted by molar-refractivity contribution is 7.20. The molecule has 0 aliphatic carbocycles. The van der Waals surface area contributed by atoms with Gasteiger partial charge in [-0.2, -0.15) is 4.68 Å². The van der Waals surface area contributed by atoms with Crippen LogP contribution in [0.3, 0.4) is 0 Å². The molecule has 38 heavy (non-hydrogen) atoms. The number of hydrogen-bond acceptors (Lipinski definition) is 8. The van der Waals surface area contributed by atoms with Crippen LogP contribution < -0.4 is 15.6 Å². The zero-order chi connectivity index (χ0) is 26.6. The highest BCUT2D eigenvalue weighted by Gasteiger charge is 2.22. The second-order valence-corrected chi connectivity index (χ2v) is 9.43. The minimum Gasteiger partial charge on any atom is -0.497 e. The third-order valence-electron chi connectivity index (χ3n) is 5.89. The summed E-state index contributed by atoms with van der Waals surface area (Å²) in [6.45, 7) is 1.75. The number of nitrogens with one attached hydrogen (secondary N) is 2.